The topological polar surface area (TPSA) is 52.4 Å². The molecule has 0 aromatic heterocycles. The summed E-state index contributed by atoms with van der Waals surface area (Å²) in [5.41, 5.74) is -0.776. The number of benzene rings is 2. The van der Waals surface area contributed by atoms with Crippen molar-refractivity contribution in [1.29, 1.82) is 0 Å². The normalized spacial score (nSPS) is 10.1. The lowest BCUT2D eigenvalue weighted by Gasteiger charge is -2.06. The summed E-state index contributed by atoms with van der Waals surface area (Å²) in [4.78, 5) is 9.83. The van der Waals surface area contributed by atoms with Crippen molar-refractivity contribution in [3.63, 3.8) is 0 Å². The number of para-hydroxylation sites is 1. The maximum atomic E-state index is 13.3. The van der Waals surface area contributed by atoms with Crippen LogP contribution in [0.2, 0.25) is 0 Å². The minimum atomic E-state index is -1.01. The predicted molar refractivity (Wildman–Crippen MR) is 59.5 cm³/mol. The number of nitrogens with zero attached hydrogens (tertiary/aromatic N) is 1. The van der Waals surface area contributed by atoms with Gasteiger partial charge in [-0.3, -0.25) is 10.1 Å². The summed E-state index contributed by atoms with van der Waals surface area (Å²) in [5.74, 6) is -1.77. The molecule has 0 aliphatic heterocycles. The fourth-order valence-corrected chi connectivity index (χ4v) is 1.41. The van der Waals surface area contributed by atoms with Crippen molar-refractivity contribution in [1.82, 2.24) is 0 Å². The van der Waals surface area contributed by atoms with Crippen molar-refractivity contribution >= 4 is 5.69 Å². The highest BCUT2D eigenvalue weighted by Gasteiger charge is 2.21. The zero-order valence-corrected chi connectivity index (χ0v) is 8.97. The van der Waals surface area contributed by atoms with Crippen LogP contribution in [0, 0.1) is 21.7 Å². The van der Waals surface area contributed by atoms with Gasteiger partial charge in [0, 0.05) is 6.07 Å². The Balaban J connectivity index is 2.40. The standard InChI is InChI=1S/C12H7F2NO3/c13-8-3-1-4-9(7-8)18-11-6-2-5-10(14)12(11)15(16)17/h1-7H. The summed E-state index contributed by atoms with van der Waals surface area (Å²) in [6.07, 6.45) is 0. The van der Waals surface area contributed by atoms with Gasteiger partial charge in [-0.15, -0.1) is 0 Å². The van der Waals surface area contributed by atoms with Crippen molar-refractivity contribution in [3.05, 3.63) is 64.2 Å². The first-order chi connectivity index (χ1) is 8.58. The largest absolute Gasteiger partial charge is 0.450 e. The van der Waals surface area contributed by atoms with Crippen molar-refractivity contribution < 1.29 is 18.4 Å². The fraction of sp³-hybridized carbons (Fsp3) is 0. The van der Waals surface area contributed by atoms with Crippen LogP contribution in [0.15, 0.2) is 42.5 Å². The summed E-state index contributed by atoms with van der Waals surface area (Å²) < 4.78 is 31.3. The molecule has 6 heteroatoms. The Kier molecular flexibility index (Phi) is 3.18. The van der Waals surface area contributed by atoms with E-state index in [1.807, 2.05) is 0 Å². The van der Waals surface area contributed by atoms with E-state index in [-0.39, 0.29) is 11.5 Å². The van der Waals surface area contributed by atoms with Crippen LogP contribution in [-0.4, -0.2) is 4.92 Å². The maximum Gasteiger partial charge on any atom is 0.346 e. The van der Waals surface area contributed by atoms with E-state index in [4.69, 9.17) is 4.74 Å². The average Bonchev–Trinajstić information content (AvgIpc) is 2.28. The average molecular weight is 251 g/mol. The molecular formula is C12H7F2NO3. The summed E-state index contributed by atoms with van der Waals surface area (Å²) in [5, 5.41) is 10.7. The molecular weight excluding hydrogens is 244 g/mol. The Labute approximate surface area is 101 Å². The molecule has 0 heterocycles. The summed E-state index contributed by atoms with van der Waals surface area (Å²) in [6, 6.07) is 8.52. The fourth-order valence-electron chi connectivity index (χ4n) is 1.41. The molecule has 2 rings (SSSR count). The van der Waals surface area contributed by atoms with Crippen LogP contribution < -0.4 is 4.74 Å². The van der Waals surface area contributed by atoms with Crippen molar-refractivity contribution in [2.75, 3.05) is 0 Å². The lowest BCUT2D eigenvalue weighted by molar-refractivity contribution is -0.388. The number of hydrogen-bond acceptors (Lipinski definition) is 3. The van der Waals surface area contributed by atoms with Gasteiger partial charge in [0.15, 0.2) is 0 Å². The second-order valence-corrected chi connectivity index (χ2v) is 3.40. The molecule has 0 fully saturated rings. The number of ether oxygens (including phenoxy) is 1. The zero-order chi connectivity index (χ0) is 13.1. The van der Waals surface area contributed by atoms with Gasteiger partial charge in [0.25, 0.3) is 0 Å². The second kappa shape index (κ2) is 4.79. The highest BCUT2D eigenvalue weighted by molar-refractivity contribution is 5.49. The molecule has 18 heavy (non-hydrogen) atoms. The van der Waals surface area contributed by atoms with Gasteiger partial charge in [-0.05, 0) is 24.3 Å². The number of nitro benzene ring substituents is 1. The summed E-state index contributed by atoms with van der Waals surface area (Å²) in [6.45, 7) is 0. The van der Waals surface area contributed by atoms with E-state index in [1.54, 1.807) is 0 Å². The Morgan fingerprint density at radius 1 is 1.11 bits per heavy atom. The van der Waals surface area contributed by atoms with E-state index in [1.165, 1.54) is 30.3 Å². The number of halogens is 2. The van der Waals surface area contributed by atoms with Gasteiger partial charge in [-0.25, -0.2) is 4.39 Å². The zero-order valence-electron chi connectivity index (χ0n) is 8.97. The Morgan fingerprint density at radius 2 is 1.83 bits per heavy atom. The number of rotatable bonds is 3. The number of nitro groups is 1. The van der Waals surface area contributed by atoms with Crippen molar-refractivity contribution in [3.8, 4) is 11.5 Å². The van der Waals surface area contributed by atoms with E-state index in [2.05, 4.69) is 0 Å². The first-order valence-corrected chi connectivity index (χ1v) is 4.94. The lowest BCUT2D eigenvalue weighted by Crippen LogP contribution is -1.96. The SMILES string of the molecule is O=[N+]([O-])c1c(F)cccc1Oc1cccc(F)c1. The van der Waals surface area contributed by atoms with E-state index in [9.17, 15) is 18.9 Å². The Bertz CT molecular complexity index is 602. The Hall–Kier alpha value is -2.50. The van der Waals surface area contributed by atoms with Crippen LogP contribution in [0.5, 0.6) is 11.5 Å². The highest BCUT2D eigenvalue weighted by Crippen LogP contribution is 2.33. The molecule has 0 N–H and O–H groups in total. The van der Waals surface area contributed by atoms with Gasteiger partial charge >= 0.3 is 5.69 Å². The van der Waals surface area contributed by atoms with Gasteiger partial charge in [-0.1, -0.05) is 12.1 Å². The molecule has 0 amide bonds. The van der Waals surface area contributed by atoms with E-state index < -0.39 is 22.2 Å². The third-order valence-corrected chi connectivity index (χ3v) is 2.16. The Morgan fingerprint density at radius 3 is 2.50 bits per heavy atom. The van der Waals surface area contributed by atoms with Gasteiger partial charge in [0.1, 0.15) is 11.6 Å². The molecule has 0 aliphatic rings. The van der Waals surface area contributed by atoms with Crippen LogP contribution in [0.3, 0.4) is 0 Å². The summed E-state index contributed by atoms with van der Waals surface area (Å²) >= 11 is 0. The first-order valence-electron chi connectivity index (χ1n) is 4.94. The van der Waals surface area contributed by atoms with Crippen LogP contribution in [0.1, 0.15) is 0 Å². The van der Waals surface area contributed by atoms with Gasteiger partial charge in [0.2, 0.25) is 11.6 Å². The first kappa shape index (κ1) is 12.0. The van der Waals surface area contributed by atoms with Crippen LogP contribution in [0.25, 0.3) is 0 Å². The molecule has 92 valence electrons. The van der Waals surface area contributed by atoms with E-state index in [0.717, 1.165) is 12.1 Å². The van der Waals surface area contributed by atoms with Gasteiger partial charge < -0.3 is 4.74 Å². The quantitative estimate of drug-likeness (QED) is 0.617. The highest BCUT2D eigenvalue weighted by atomic mass is 19.1. The van der Waals surface area contributed by atoms with E-state index >= 15 is 0 Å². The third kappa shape index (κ3) is 2.42. The maximum absolute atomic E-state index is 13.3. The van der Waals surface area contributed by atoms with Gasteiger partial charge in [0.05, 0.1) is 4.92 Å². The van der Waals surface area contributed by atoms with Gasteiger partial charge in [-0.2, -0.15) is 4.39 Å². The molecule has 4 nitrogen and oxygen atoms in total. The summed E-state index contributed by atoms with van der Waals surface area (Å²) in [7, 11) is 0. The monoisotopic (exact) mass is 251 g/mol. The molecule has 0 unspecified atom stereocenters. The second-order valence-electron chi connectivity index (χ2n) is 3.40. The molecule has 0 spiro atoms. The molecule has 2 aromatic carbocycles. The van der Waals surface area contributed by atoms with Crippen molar-refractivity contribution in [2.24, 2.45) is 0 Å². The molecule has 0 saturated carbocycles. The minimum Gasteiger partial charge on any atom is -0.450 e. The van der Waals surface area contributed by atoms with Crippen LogP contribution in [-0.2, 0) is 0 Å². The molecule has 0 saturated heterocycles. The smallest absolute Gasteiger partial charge is 0.346 e. The molecule has 0 aliphatic carbocycles. The lowest BCUT2D eigenvalue weighted by atomic mass is 10.3. The molecule has 0 atom stereocenters. The molecule has 2 aromatic rings. The molecule has 0 bridgehead atoms. The third-order valence-electron chi connectivity index (χ3n) is 2.16. The minimum absolute atomic E-state index is 0.0590. The van der Waals surface area contributed by atoms with Crippen LogP contribution in [0.4, 0.5) is 14.5 Å². The molecule has 0 radical (unpaired) electrons. The number of hydrogen-bond donors (Lipinski definition) is 0. The predicted octanol–water partition coefficient (Wildman–Crippen LogP) is 3.67. The van der Waals surface area contributed by atoms with Crippen molar-refractivity contribution in [2.45, 2.75) is 0 Å². The van der Waals surface area contributed by atoms with E-state index in [0.29, 0.717) is 0 Å². The van der Waals surface area contributed by atoms with Crippen LogP contribution >= 0.6 is 0 Å².